The Morgan fingerprint density at radius 3 is 2.86 bits per heavy atom. The molecule has 2 atom stereocenters. The number of amides is 2. The van der Waals surface area contributed by atoms with E-state index in [0.29, 0.717) is 24.2 Å². The van der Waals surface area contributed by atoms with E-state index in [4.69, 9.17) is 5.73 Å². The number of carbonyl (C=O) groups is 2. The fourth-order valence-corrected chi connectivity index (χ4v) is 3.84. The summed E-state index contributed by atoms with van der Waals surface area (Å²) in [6, 6.07) is 6.72. The van der Waals surface area contributed by atoms with Crippen LogP contribution >= 0.6 is 11.3 Å². The maximum atomic E-state index is 12.8. The number of anilines is 1. The molecule has 4 rings (SSSR count). The van der Waals surface area contributed by atoms with Crippen LogP contribution in [0.15, 0.2) is 35.0 Å². The van der Waals surface area contributed by atoms with Crippen LogP contribution in [0.3, 0.4) is 0 Å². The number of nitrogens with two attached hydrogens (primary N) is 1. The molecule has 0 unspecified atom stereocenters. The van der Waals surface area contributed by atoms with E-state index in [2.05, 4.69) is 5.32 Å². The van der Waals surface area contributed by atoms with Crippen molar-refractivity contribution in [3.05, 3.63) is 40.6 Å². The maximum Gasteiger partial charge on any atom is 0.256 e. The van der Waals surface area contributed by atoms with Crippen LogP contribution in [-0.2, 0) is 4.79 Å². The van der Waals surface area contributed by atoms with Gasteiger partial charge in [0.05, 0.1) is 11.3 Å². The molecule has 0 radical (unpaired) electrons. The number of hydrogen-bond acceptors (Lipinski definition) is 4. The summed E-state index contributed by atoms with van der Waals surface area (Å²) < 4.78 is 0. The Hall–Kier alpha value is -2.18. The Kier molecular flexibility index (Phi) is 3.02. The van der Waals surface area contributed by atoms with Gasteiger partial charge < -0.3 is 16.0 Å². The summed E-state index contributed by atoms with van der Waals surface area (Å²) in [6.45, 7) is 0.528. The molecule has 1 aromatic carbocycles. The van der Waals surface area contributed by atoms with E-state index in [1.54, 1.807) is 22.3 Å². The number of fused-ring (bicyclic) bond motifs is 2. The van der Waals surface area contributed by atoms with Gasteiger partial charge in [-0.3, -0.25) is 9.59 Å². The first-order chi connectivity index (χ1) is 10.6. The molecule has 112 valence electrons. The van der Waals surface area contributed by atoms with Gasteiger partial charge in [-0.1, -0.05) is 6.07 Å². The zero-order valence-corrected chi connectivity index (χ0v) is 12.6. The van der Waals surface area contributed by atoms with Gasteiger partial charge in [-0.25, -0.2) is 0 Å². The average molecular weight is 313 g/mol. The minimum Gasteiger partial charge on any atom is -0.325 e. The molecular formula is C16H15N3O2S. The Morgan fingerprint density at radius 1 is 1.23 bits per heavy atom. The van der Waals surface area contributed by atoms with Crippen LogP contribution < -0.4 is 11.1 Å². The third-order valence-electron chi connectivity index (χ3n) is 4.34. The first-order valence-corrected chi connectivity index (χ1v) is 8.13. The highest BCUT2D eigenvalue weighted by molar-refractivity contribution is 7.08. The Labute approximate surface area is 131 Å². The van der Waals surface area contributed by atoms with Gasteiger partial charge in [0.15, 0.2) is 0 Å². The molecule has 0 saturated carbocycles. The Balaban J connectivity index is 1.81. The molecule has 3 heterocycles. The van der Waals surface area contributed by atoms with Crippen molar-refractivity contribution in [1.29, 1.82) is 0 Å². The van der Waals surface area contributed by atoms with Crippen molar-refractivity contribution in [1.82, 2.24) is 4.90 Å². The molecule has 22 heavy (non-hydrogen) atoms. The molecule has 5 nitrogen and oxygen atoms in total. The fraction of sp³-hybridized carbons (Fsp3) is 0.250. The van der Waals surface area contributed by atoms with Gasteiger partial charge in [0, 0.05) is 12.6 Å². The van der Waals surface area contributed by atoms with E-state index in [-0.39, 0.29) is 17.9 Å². The minimum absolute atomic E-state index is 0.122. The second kappa shape index (κ2) is 4.93. The minimum atomic E-state index is -0.565. The standard InChI is InChI=1S/C16H15N3O2S/c17-12-3-5-19-14(12)15(20)18-13-2-1-9(7-11(13)16(19)21)10-4-6-22-8-10/h1-2,4,6-8,12,14H,3,5,17H2,(H,18,20)/t12-,14-/m0/s1. The zero-order chi connectivity index (χ0) is 15.3. The van der Waals surface area contributed by atoms with E-state index in [9.17, 15) is 9.59 Å². The molecule has 1 fully saturated rings. The lowest BCUT2D eigenvalue weighted by Gasteiger charge is -2.22. The van der Waals surface area contributed by atoms with Crippen LogP contribution in [-0.4, -0.2) is 35.3 Å². The number of nitrogens with one attached hydrogen (secondary N) is 1. The molecule has 0 bridgehead atoms. The van der Waals surface area contributed by atoms with Crippen LogP contribution in [0.4, 0.5) is 5.69 Å². The van der Waals surface area contributed by atoms with Gasteiger partial charge in [0.1, 0.15) is 6.04 Å². The molecule has 2 amide bonds. The maximum absolute atomic E-state index is 12.8. The fourth-order valence-electron chi connectivity index (χ4n) is 3.18. The largest absolute Gasteiger partial charge is 0.325 e. The third kappa shape index (κ3) is 1.95. The van der Waals surface area contributed by atoms with Crippen molar-refractivity contribution >= 4 is 28.8 Å². The first-order valence-electron chi connectivity index (χ1n) is 7.19. The number of carbonyl (C=O) groups excluding carboxylic acids is 2. The lowest BCUT2D eigenvalue weighted by Crippen LogP contribution is -2.48. The average Bonchev–Trinajstić information content (AvgIpc) is 3.14. The lowest BCUT2D eigenvalue weighted by molar-refractivity contribution is -0.119. The van der Waals surface area contributed by atoms with Gasteiger partial charge >= 0.3 is 0 Å². The summed E-state index contributed by atoms with van der Waals surface area (Å²) >= 11 is 1.61. The van der Waals surface area contributed by atoms with Crippen molar-refractivity contribution in [3.8, 4) is 11.1 Å². The molecule has 1 aromatic heterocycles. The molecular weight excluding hydrogens is 298 g/mol. The van der Waals surface area contributed by atoms with Gasteiger partial charge in [0.2, 0.25) is 5.91 Å². The van der Waals surface area contributed by atoms with Crippen LogP contribution in [0.2, 0.25) is 0 Å². The van der Waals surface area contributed by atoms with Gasteiger partial charge in [-0.05, 0) is 46.5 Å². The van der Waals surface area contributed by atoms with Gasteiger partial charge in [-0.2, -0.15) is 11.3 Å². The zero-order valence-electron chi connectivity index (χ0n) is 11.8. The van der Waals surface area contributed by atoms with E-state index >= 15 is 0 Å². The summed E-state index contributed by atoms with van der Waals surface area (Å²) in [7, 11) is 0. The van der Waals surface area contributed by atoms with E-state index in [1.165, 1.54) is 0 Å². The van der Waals surface area contributed by atoms with E-state index < -0.39 is 6.04 Å². The van der Waals surface area contributed by atoms with Crippen LogP contribution in [0.25, 0.3) is 11.1 Å². The highest BCUT2D eigenvalue weighted by atomic mass is 32.1. The molecule has 2 aliphatic heterocycles. The topological polar surface area (TPSA) is 75.4 Å². The normalized spacial score (nSPS) is 23.8. The quantitative estimate of drug-likeness (QED) is 0.844. The van der Waals surface area contributed by atoms with E-state index in [0.717, 1.165) is 11.1 Å². The van der Waals surface area contributed by atoms with Crippen molar-refractivity contribution < 1.29 is 9.59 Å². The molecule has 1 saturated heterocycles. The molecule has 3 N–H and O–H groups in total. The predicted molar refractivity (Wildman–Crippen MR) is 85.8 cm³/mol. The number of benzene rings is 1. The third-order valence-corrected chi connectivity index (χ3v) is 5.02. The summed E-state index contributed by atoms with van der Waals surface area (Å²) in [5, 5.41) is 6.89. The highest BCUT2D eigenvalue weighted by Gasteiger charge is 2.43. The Morgan fingerprint density at radius 2 is 2.09 bits per heavy atom. The number of rotatable bonds is 1. The molecule has 0 spiro atoms. The molecule has 2 aliphatic rings. The van der Waals surface area contributed by atoms with Crippen LogP contribution in [0.5, 0.6) is 0 Å². The second-order valence-electron chi connectivity index (χ2n) is 5.66. The summed E-state index contributed by atoms with van der Waals surface area (Å²) in [5.41, 5.74) is 9.15. The smallest absolute Gasteiger partial charge is 0.256 e. The monoisotopic (exact) mass is 313 g/mol. The highest BCUT2D eigenvalue weighted by Crippen LogP contribution is 2.32. The van der Waals surface area contributed by atoms with Crippen molar-refractivity contribution in [2.45, 2.75) is 18.5 Å². The first kappa shape index (κ1) is 13.5. The van der Waals surface area contributed by atoms with Gasteiger partial charge in [0.25, 0.3) is 5.91 Å². The number of hydrogen-bond donors (Lipinski definition) is 2. The van der Waals surface area contributed by atoms with Crippen LogP contribution in [0, 0.1) is 0 Å². The summed E-state index contributed by atoms with van der Waals surface area (Å²) in [6.07, 6.45) is 0.656. The summed E-state index contributed by atoms with van der Waals surface area (Å²) in [5.74, 6) is -0.316. The number of nitrogens with zero attached hydrogens (tertiary/aromatic N) is 1. The van der Waals surface area contributed by atoms with Crippen LogP contribution in [0.1, 0.15) is 16.8 Å². The predicted octanol–water partition coefficient (Wildman–Crippen LogP) is 1.91. The van der Waals surface area contributed by atoms with Gasteiger partial charge in [-0.15, -0.1) is 0 Å². The van der Waals surface area contributed by atoms with E-state index in [1.807, 2.05) is 29.0 Å². The van der Waals surface area contributed by atoms with Crippen molar-refractivity contribution in [3.63, 3.8) is 0 Å². The summed E-state index contributed by atoms with van der Waals surface area (Å²) in [4.78, 5) is 26.8. The Bertz CT molecular complexity index is 757. The van der Waals surface area contributed by atoms with Crippen molar-refractivity contribution in [2.24, 2.45) is 5.73 Å². The SMILES string of the molecule is N[C@H]1CCN2C(=O)c3cc(-c4ccsc4)ccc3NC(=O)[C@H]12. The molecule has 0 aliphatic carbocycles. The second-order valence-corrected chi connectivity index (χ2v) is 6.44. The lowest BCUT2D eigenvalue weighted by atomic mass is 10.0. The van der Waals surface area contributed by atoms with Crippen molar-refractivity contribution in [2.75, 3.05) is 11.9 Å². The molecule has 2 aromatic rings. The number of thiophene rings is 1. The molecule has 6 heteroatoms.